The fourth-order valence-corrected chi connectivity index (χ4v) is 12.7. The molecule has 4 nitrogen and oxygen atoms in total. The highest BCUT2D eigenvalue weighted by Crippen LogP contribution is 2.43. The summed E-state index contributed by atoms with van der Waals surface area (Å²) in [6, 6.07) is 12.2. The molecule has 1 fully saturated rings. The van der Waals surface area contributed by atoms with Gasteiger partial charge < -0.3 is 14.6 Å². The molecule has 1 saturated carbocycles. The van der Waals surface area contributed by atoms with Crippen molar-refractivity contribution < 1.29 is 19.4 Å². The Kier molecular flexibility index (Phi) is 9.99. The third-order valence-corrected chi connectivity index (χ3v) is 15.2. The maximum absolute atomic E-state index is 13.7. The second-order valence-corrected chi connectivity index (χ2v) is 17.9. The molecule has 2 aromatic rings. The summed E-state index contributed by atoms with van der Waals surface area (Å²) in [5.41, 5.74) is 2.10. The van der Waals surface area contributed by atoms with Crippen LogP contribution in [-0.4, -0.2) is 29.6 Å². The van der Waals surface area contributed by atoms with Crippen molar-refractivity contribution in [2.24, 2.45) is 5.92 Å². The van der Waals surface area contributed by atoms with E-state index in [-0.39, 0.29) is 22.5 Å². The van der Waals surface area contributed by atoms with Crippen molar-refractivity contribution in [2.45, 2.75) is 107 Å². The van der Waals surface area contributed by atoms with Gasteiger partial charge in [-0.3, -0.25) is 4.79 Å². The number of phenols is 2. The molecule has 0 bridgehead atoms. The molecule has 0 heterocycles. The van der Waals surface area contributed by atoms with E-state index in [1.165, 1.54) is 43.2 Å². The van der Waals surface area contributed by atoms with Crippen molar-refractivity contribution in [1.29, 1.82) is 0 Å². The zero-order valence-electron chi connectivity index (χ0n) is 22.8. The van der Waals surface area contributed by atoms with Crippen molar-refractivity contribution in [2.75, 3.05) is 0 Å². The minimum absolute atomic E-state index is 0.0694. The number of thioether (sulfide) groups is 1. The Morgan fingerprint density at radius 2 is 1.50 bits per heavy atom. The quantitative estimate of drug-likeness (QED) is 0.132. The van der Waals surface area contributed by atoms with E-state index in [4.69, 9.17) is 4.43 Å². The van der Waals surface area contributed by atoms with E-state index >= 15 is 0 Å². The van der Waals surface area contributed by atoms with E-state index in [1.807, 2.05) is 24.3 Å². The Balaban J connectivity index is 1.84. The number of aromatic hydroxyl groups is 2. The maximum atomic E-state index is 13.7. The summed E-state index contributed by atoms with van der Waals surface area (Å²) in [7, 11) is -2.07. The van der Waals surface area contributed by atoms with E-state index in [0.29, 0.717) is 33.0 Å². The molecule has 1 aliphatic carbocycles. The van der Waals surface area contributed by atoms with Gasteiger partial charge in [-0.2, -0.15) is 0 Å². The normalized spacial score (nSPS) is 16.0. The van der Waals surface area contributed by atoms with Gasteiger partial charge in [-0.05, 0) is 71.4 Å². The molecule has 0 aliphatic heterocycles. The van der Waals surface area contributed by atoms with Crippen molar-refractivity contribution in [1.82, 2.24) is 0 Å². The zero-order valence-corrected chi connectivity index (χ0v) is 24.6. The summed E-state index contributed by atoms with van der Waals surface area (Å²) in [6.45, 7) is 13.6. The number of phenolic OH excluding ortho intramolecular Hbond substituents is 2. The van der Waals surface area contributed by atoms with E-state index in [2.05, 4.69) is 41.5 Å². The summed E-state index contributed by atoms with van der Waals surface area (Å²) >= 11 is 1.37. The van der Waals surface area contributed by atoms with Gasteiger partial charge in [0.2, 0.25) is 0 Å². The molecule has 0 saturated heterocycles. The van der Waals surface area contributed by atoms with Crippen molar-refractivity contribution >= 4 is 25.9 Å². The van der Waals surface area contributed by atoms with Gasteiger partial charge in [0.25, 0.3) is 8.32 Å². The molecular formula is C30H44O4SSi. The maximum Gasteiger partial charge on any atom is 0.258 e. The second kappa shape index (κ2) is 12.5. The van der Waals surface area contributed by atoms with Crippen LogP contribution in [0.3, 0.4) is 0 Å². The van der Waals surface area contributed by atoms with Crippen LogP contribution in [0, 0.1) is 5.92 Å². The summed E-state index contributed by atoms with van der Waals surface area (Å²) in [6.07, 6.45) is 6.77. The number of hydrogen-bond donors (Lipinski definition) is 2. The fraction of sp³-hybridized carbons (Fsp3) is 0.567. The average molecular weight is 529 g/mol. The number of hydrogen-bond acceptors (Lipinski definition) is 5. The zero-order chi connectivity index (χ0) is 26.5. The predicted octanol–water partition coefficient (Wildman–Crippen LogP) is 8.97. The molecule has 198 valence electrons. The van der Waals surface area contributed by atoms with Gasteiger partial charge in [0.05, 0.1) is 10.1 Å². The number of benzene rings is 2. The van der Waals surface area contributed by atoms with Gasteiger partial charge in [-0.1, -0.05) is 73.6 Å². The Hall–Kier alpha value is -1.92. The number of ketones is 1. The fourth-order valence-electron chi connectivity index (χ4n) is 6.12. The van der Waals surface area contributed by atoms with Crippen LogP contribution in [0.15, 0.2) is 47.4 Å². The highest BCUT2D eigenvalue weighted by molar-refractivity contribution is 8.00. The van der Waals surface area contributed by atoms with Crippen LogP contribution in [-0.2, 0) is 0 Å². The monoisotopic (exact) mass is 528 g/mol. The van der Waals surface area contributed by atoms with Crippen LogP contribution in [0.2, 0.25) is 16.6 Å². The standard InChI is InChI=1S/C30H44O4SSi/c1-20(2)36(21(3)4,22(5)6)34-26-15-12-24(13-16-26)30(33)29(18-23-10-8-7-9-11-23)35-28-19-25(31)14-17-27(28)32/h12-17,19-23,29,31-32H,7-11,18H2,1-6H3. The van der Waals surface area contributed by atoms with Crippen LogP contribution in [0.25, 0.3) is 0 Å². The molecule has 0 aromatic heterocycles. The molecule has 3 rings (SSSR count). The van der Waals surface area contributed by atoms with Gasteiger partial charge in [0, 0.05) is 5.56 Å². The van der Waals surface area contributed by atoms with Crippen molar-refractivity contribution in [3.8, 4) is 17.2 Å². The Labute approximate surface area is 223 Å². The lowest BCUT2D eigenvalue weighted by atomic mass is 9.85. The second-order valence-electron chi connectivity index (χ2n) is 11.3. The van der Waals surface area contributed by atoms with E-state index in [9.17, 15) is 15.0 Å². The smallest absolute Gasteiger partial charge is 0.258 e. The lowest BCUT2D eigenvalue weighted by Crippen LogP contribution is -2.50. The molecule has 2 aromatic carbocycles. The summed E-state index contributed by atoms with van der Waals surface area (Å²) in [5.74, 6) is 1.61. The summed E-state index contributed by atoms with van der Waals surface area (Å²) in [4.78, 5) is 14.3. The third kappa shape index (κ3) is 6.68. The van der Waals surface area contributed by atoms with Gasteiger partial charge in [0.1, 0.15) is 17.2 Å². The van der Waals surface area contributed by atoms with Crippen molar-refractivity contribution in [3.05, 3.63) is 48.0 Å². The number of Topliss-reactive ketones (excluding diaryl/α,β-unsaturated/α-hetero) is 1. The van der Waals surface area contributed by atoms with Crippen LogP contribution < -0.4 is 4.43 Å². The van der Waals surface area contributed by atoms with Crippen LogP contribution in [0.1, 0.15) is 90.4 Å². The minimum atomic E-state index is -2.07. The molecule has 1 unspecified atom stereocenters. The molecule has 1 atom stereocenters. The van der Waals surface area contributed by atoms with Gasteiger partial charge in [0.15, 0.2) is 5.78 Å². The number of carbonyl (C=O) groups excluding carboxylic acids is 1. The number of rotatable bonds is 11. The van der Waals surface area contributed by atoms with E-state index in [0.717, 1.165) is 25.0 Å². The largest absolute Gasteiger partial charge is 0.543 e. The lowest BCUT2D eigenvalue weighted by molar-refractivity contribution is 0.0977. The topological polar surface area (TPSA) is 66.8 Å². The number of carbonyl (C=O) groups is 1. The highest BCUT2D eigenvalue weighted by Gasteiger charge is 2.47. The molecule has 0 radical (unpaired) electrons. The first-order valence-corrected chi connectivity index (χ1v) is 16.6. The summed E-state index contributed by atoms with van der Waals surface area (Å²) in [5, 5.41) is 20.0. The van der Waals surface area contributed by atoms with Crippen LogP contribution in [0.5, 0.6) is 17.2 Å². The molecule has 2 N–H and O–H groups in total. The molecule has 0 spiro atoms. The first-order chi connectivity index (χ1) is 17.0. The van der Waals surface area contributed by atoms with E-state index in [1.54, 1.807) is 6.07 Å². The first-order valence-electron chi connectivity index (χ1n) is 13.6. The minimum Gasteiger partial charge on any atom is -0.543 e. The Morgan fingerprint density at radius 1 is 0.917 bits per heavy atom. The molecule has 0 amide bonds. The third-order valence-electron chi connectivity index (χ3n) is 7.92. The van der Waals surface area contributed by atoms with E-state index < -0.39 is 8.32 Å². The lowest BCUT2D eigenvalue weighted by Gasteiger charge is -2.42. The summed E-state index contributed by atoms with van der Waals surface area (Å²) < 4.78 is 6.79. The van der Waals surface area contributed by atoms with Crippen LogP contribution in [0.4, 0.5) is 0 Å². The average Bonchev–Trinajstić information content (AvgIpc) is 2.84. The van der Waals surface area contributed by atoms with Gasteiger partial charge >= 0.3 is 0 Å². The molecule has 36 heavy (non-hydrogen) atoms. The predicted molar refractivity (Wildman–Crippen MR) is 153 cm³/mol. The van der Waals surface area contributed by atoms with Crippen LogP contribution >= 0.6 is 11.8 Å². The van der Waals surface area contributed by atoms with Crippen molar-refractivity contribution in [3.63, 3.8) is 0 Å². The van der Waals surface area contributed by atoms with Gasteiger partial charge in [-0.15, -0.1) is 11.8 Å². The Bertz CT molecular complexity index is 975. The molecule has 6 heteroatoms. The SMILES string of the molecule is CC(C)[Si](Oc1ccc(C(=O)C(CC2CCCCC2)Sc2cc(O)ccc2O)cc1)(C(C)C)C(C)C. The highest BCUT2D eigenvalue weighted by atomic mass is 32.2. The molecular weight excluding hydrogens is 484 g/mol. The molecule has 1 aliphatic rings. The Morgan fingerprint density at radius 3 is 2.06 bits per heavy atom. The first kappa shape index (κ1) is 28.6. The van der Waals surface area contributed by atoms with Gasteiger partial charge in [-0.25, -0.2) is 0 Å².